The molecule has 5 nitrogen and oxygen atoms in total. The Kier molecular flexibility index (Phi) is 4.58. The molecule has 0 bridgehead atoms. The number of nitrogens with zero attached hydrogens (tertiary/aromatic N) is 3. The minimum absolute atomic E-state index is 0.0428. The van der Waals surface area contributed by atoms with Gasteiger partial charge in [-0.1, -0.05) is 0 Å². The number of hydrogen-bond donors (Lipinski definition) is 1. The summed E-state index contributed by atoms with van der Waals surface area (Å²) >= 11 is 0. The molecule has 1 unspecified atom stereocenters. The number of rotatable bonds is 4. The van der Waals surface area contributed by atoms with Crippen LogP contribution >= 0.6 is 0 Å². The summed E-state index contributed by atoms with van der Waals surface area (Å²) in [6.45, 7) is 7.07. The summed E-state index contributed by atoms with van der Waals surface area (Å²) in [5, 5.41) is 3.40. The van der Waals surface area contributed by atoms with Gasteiger partial charge in [0.15, 0.2) is 0 Å². The quantitative estimate of drug-likeness (QED) is 0.891. The normalized spacial score (nSPS) is 19.7. The van der Waals surface area contributed by atoms with Gasteiger partial charge in [-0.3, -0.25) is 4.79 Å². The molecule has 1 aromatic heterocycles. The molecule has 0 saturated carbocycles. The summed E-state index contributed by atoms with van der Waals surface area (Å²) in [5.74, 6) is 0.602. The smallest absolute Gasteiger partial charge is 0.274 e. The third kappa shape index (κ3) is 3.56. The topological polar surface area (TPSA) is 50.2 Å². The van der Waals surface area contributed by atoms with Crippen LogP contribution in [0.15, 0.2) is 12.5 Å². The van der Waals surface area contributed by atoms with Crippen LogP contribution in [0.5, 0.6) is 0 Å². The van der Waals surface area contributed by atoms with Gasteiger partial charge in [-0.05, 0) is 45.7 Å². The molecule has 1 aliphatic heterocycles. The van der Waals surface area contributed by atoms with Crippen LogP contribution in [0.3, 0.4) is 0 Å². The van der Waals surface area contributed by atoms with Crippen molar-refractivity contribution >= 4 is 5.91 Å². The van der Waals surface area contributed by atoms with Crippen molar-refractivity contribution < 1.29 is 4.79 Å². The van der Waals surface area contributed by atoms with Crippen molar-refractivity contribution in [1.82, 2.24) is 19.8 Å². The van der Waals surface area contributed by atoms with Crippen molar-refractivity contribution in [2.75, 3.05) is 19.6 Å². The van der Waals surface area contributed by atoms with Crippen LogP contribution in [-0.4, -0.2) is 46.0 Å². The molecule has 5 heteroatoms. The first-order chi connectivity index (χ1) is 9.08. The van der Waals surface area contributed by atoms with Crippen molar-refractivity contribution in [3.63, 3.8) is 0 Å². The minimum Gasteiger partial charge on any atom is -0.340 e. The van der Waals surface area contributed by atoms with Crippen LogP contribution in [0.1, 0.15) is 37.2 Å². The maximum Gasteiger partial charge on any atom is 0.274 e. The number of piperidine rings is 1. The van der Waals surface area contributed by atoms with Gasteiger partial charge in [0.05, 0.1) is 6.33 Å². The number of amides is 1. The molecule has 1 amide bonds. The molecule has 0 radical (unpaired) electrons. The van der Waals surface area contributed by atoms with Gasteiger partial charge in [-0.15, -0.1) is 0 Å². The molecule has 1 fully saturated rings. The summed E-state index contributed by atoms with van der Waals surface area (Å²) in [5.41, 5.74) is 0.542. The Morgan fingerprint density at radius 1 is 1.63 bits per heavy atom. The Hall–Kier alpha value is -1.36. The number of aryl methyl sites for hydroxylation is 1. The second-order valence-electron chi connectivity index (χ2n) is 5.69. The molecule has 2 heterocycles. The largest absolute Gasteiger partial charge is 0.340 e. The van der Waals surface area contributed by atoms with Crippen molar-refractivity contribution in [2.24, 2.45) is 13.0 Å². The number of nitrogens with one attached hydrogen (secondary N) is 1. The standard InChI is InChI=1S/C14H24N4O/c1-11(2)18(8-12-5-4-6-15-7-12)14(19)13-9-17(3)10-16-13/h9-12,15H,4-8H2,1-3H3. The summed E-state index contributed by atoms with van der Waals surface area (Å²) < 4.78 is 1.81. The van der Waals surface area contributed by atoms with Crippen LogP contribution in [0.4, 0.5) is 0 Å². The molecule has 1 saturated heterocycles. The molecule has 0 aliphatic carbocycles. The first-order valence-corrected chi connectivity index (χ1v) is 7.07. The Morgan fingerprint density at radius 3 is 2.95 bits per heavy atom. The summed E-state index contributed by atoms with van der Waals surface area (Å²) in [6, 6.07) is 0.205. The highest BCUT2D eigenvalue weighted by molar-refractivity contribution is 5.92. The van der Waals surface area contributed by atoms with Gasteiger partial charge in [0.1, 0.15) is 5.69 Å². The molecular weight excluding hydrogens is 240 g/mol. The molecule has 1 aliphatic rings. The SMILES string of the molecule is CC(C)N(CC1CCCNC1)C(=O)c1cn(C)cn1. The van der Waals surface area contributed by atoms with E-state index in [1.165, 1.54) is 12.8 Å². The van der Waals surface area contributed by atoms with Crippen LogP contribution in [0.25, 0.3) is 0 Å². The van der Waals surface area contributed by atoms with Crippen molar-refractivity contribution in [1.29, 1.82) is 0 Å². The molecule has 19 heavy (non-hydrogen) atoms. The van der Waals surface area contributed by atoms with Crippen molar-refractivity contribution in [3.05, 3.63) is 18.2 Å². The molecule has 0 spiro atoms. The maximum atomic E-state index is 12.5. The second kappa shape index (κ2) is 6.19. The number of aromatic nitrogens is 2. The zero-order valence-corrected chi connectivity index (χ0v) is 12.1. The van der Waals surface area contributed by atoms with Gasteiger partial charge in [-0.25, -0.2) is 4.98 Å². The number of imidazole rings is 1. The van der Waals surface area contributed by atoms with Gasteiger partial charge in [0, 0.05) is 25.8 Å². The van der Waals surface area contributed by atoms with Gasteiger partial charge >= 0.3 is 0 Å². The van der Waals surface area contributed by atoms with E-state index in [0.29, 0.717) is 11.6 Å². The lowest BCUT2D eigenvalue weighted by molar-refractivity contribution is 0.0655. The van der Waals surface area contributed by atoms with E-state index >= 15 is 0 Å². The monoisotopic (exact) mass is 264 g/mol. The van der Waals surface area contributed by atoms with E-state index in [4.69, 9.17) is 0 Å². The Bertz CT molecular complexity index is 421. The Balaban J connectivity index is 2.04. The average Bonchev–Trinajstić information content (AvgIpc) is 2.83. The fourth-order valence-corrected chi connectivity index (χ4v) is 2.56. The van der Waals surface area contributed by atoms with Crippen molar-refractivity contribution in [3.8, 4) is 0 Å². The second-order valence-corrected chi connectivity index (χ2v) is 5.69. The van der Waals surface area contributed by atoms with Crippen LogP contribution in [0, 0.1) is 5.92 Å². The van der Waals surface area contributed by atoms with E-state index in [2.05, 4.69) is 24.1 Å². The van der Waals surface area contributed by atoms with E-state index in [0.717, 1.165) is 19.6 Å². The van der Waals surface area contributed by atoms with Crippen LogP contribution in [-0.2, 0) is 7.05 Å². The predicted molar refractivity (Wildman–Crippen MR) is 75.0 cm³/mol. The van der Waals surface area contributed by atoms with E-state index < -0.39 is 0 Å². The lowest BCUT2D eigenvalue weighted by Crippen LogP contribution is -2.44. The predicted octanol–water partition coefficient (Wildman–Crippen LogP) is 1.27. The van der Waals surface area contributed by atoms with E-state index in [1.807, 2.05) is 16.5 Å². The molecule has 1 atom stereocenters. The lowest BCUT2D eigenvalue weighted by Gasteiger charge is -2.32. The van der Waals surface area contributed by atoms with Crippen LogP contribution < -0.4 is 5.32 Å². The molecule has 106 valence electrons. The van der Waals surface area contributed by atoms with Crippen LogP contribution in [0.2, 0.25) is 0 Å². The summed E-state index contributed by atoms with van der Waals surface area (Å²) in [6.07, 6.45) is 5.87. The van der Waals surface area contributed by atoms with E-state index in [-0.39, 0.29) is 11.9 Å². The Labute approximate surface area is 115 Å². The molecule has 0 aromatic carbocycles. The van der Waals surface area contributed by atoms with Gasteiger partial charge in [0.25, 0.3) is 5.91 Å². The first kappa shape index (κ1) is 14.1. The molecular formula is C14H24N4O. The average molecular weight is 264 g/mol. The fraction of sp³-hybridized carbons (Fsp3) is 0.714. The van der Waals surface area contributed by atoms with Gasteiger partial charge in [-0.2, -0.15) is 0 Å². The maximum absolute atomic E-state index is 12.5. The molecule has 1 N–H and O–H groups in total. The molecule has 2 rings (SSSR count). The highest BCUT2D eigenvalue weighted by Gasteiger charge is 2.24. The zero-order chi connectivity index (χ0) is 13.8. The summed E-state index contributed by atoms with van der Waals surface area (Å²) in [4.78, 5) is 18.6. The third-order valence-electron chi connectivity index (χ3n) is 3.66. The third-order valence-corrected chi connectivity index (χ3v) is 3.66. The number of carbonyl (C=O) groups is 1. The Morgan fingerprint density at radius 2 is 2.42 bits per heavy atom. The number of hydrogen-bond acceptors (Lipinski definition) is 3. The first-order valence-electron chi connectivity index (χ1n) is 7.07. The van der Waals surface area contributed by atoms with Gasteiger partial charge in [0.2, 0.25) is 0 Å². The zero-order valence-electron chi connectivity index (χ0n) is 12.1. The van der Waals surface area contributed by atoms with E-state index in [9.17, 15) is 4.79 Å². The van der Waals surface area contributed by atoms with Crippen molar-refractivity contribution in [2.45, 2.75) is 32.7 Å². The summed E-state index contributed by atoms with van der Waals surface area (Å²) in [7, 11) is 1.88. The van der Waals surface area contributed by atoms with Gasteiger partial charge < -0.3 is 14.8 Å². The fourth-order valence-electron chi connectivity index (χ4n) is 2.56. The lowest BCUT2D eigenvalue weighted by atomic mass is 9.98. The van der Waals surface area contributed by atoms with E-state index in [1.54, 1.807) is 12.5 Å². The highest BCUT2D eigenvalue weighted by atomic mass is 16.2. The highest BCUT2D eigenvalue weighted by Crippen LogP contribution is 2.15. The number of carbonyl (C=O) groups excluding carboxylic acids is 1. The molecule has 1 aromatic rings. The minimum atomic E-state index is 0.0428.